The Morgan fingerprint density at radius 1 is 1.03 bits per heavy atom. The van der Waals surface area contributed by atoms with Crippen LogP contribution in [0.3, 0.4) is 0 Å². The molecule has 3 aromatic rings. The number of nitrogens with zero attached hydrogens (tertiary/aromatic N) is 3. The maximum Gasteiger partial charge on any atom is 0.229 e. The molecule has 1 saturated heterocycles. The summed E-state index contributed by atoms with van der Waals surface area (Å²) in [6.07, 6.45) is 1.70. The molecule has 2 heterocycles. The average Bonchev–Trinajstić information content (AvgIpc) is 2.76. The zero-order valence-corrected chi connectivity index (χ0v) is 17.0. The van der Waals surface area contributed by atoms with E-state index in [1.165, 1.54) is 0 Å². The Hall–Kier alpha value is -2.97. The van der Waals surface area contributed by atoms with Gasteiger partial charge in [-0.1, -0.05) is 12.1 Å². The van der Waals surface area contributed by atoms with E-state index in [2.05, 4.69) is 44.2 Å². The predicted octanol–water partition coefficient (Wildman–Crippen LogP) is 4.10. The molecule has 2 N–H and O–H groups in total. The summed E-state index contributed by atoms with van der Waals surface area (Å²) in [6, 6.07) is 15.6. The van der Waals surface area contributed by atoms with Crippen LogP contribution in [0.4, 0.5) is 28.8 Å². The molecule has 0 aliphatic carbocycles. The quantitative estimate of drug-likeness (QED) is 0.530. The largest absolute Gasteiger partial charge is 0.494 e. The number of rotatable bonds is 6. The summed E-state index contributed by atoms with van der Waals surface area (Å²) in [5.74, 6) is 1.88. The van der Waals surface area contributed by atoms with Gasteiger partial charge < -0.3 is 25.0 Å². The lowest BCUT2D eigenvalue weighted by molar-refractivity contribution is 0.122. The van der Waals surface area contributed by atoms with Crippen molar-refractivity contribution in [2.75, 3.05) is 48.9 Å². The summed E-state index contributed by atoms with van der Waals surface area (Å²) in [5, 5.41) is 6.51. The molecule has 1 aromatic heterocycles. The molecule has 0 unspecified atom stereocenters. The van der Waals surface area contributed by atoms with Crippen LogP contribution in [0.15, 0.2) is 59.6 Å². The number of hydrogen-bond donors (Lipinski definition) is 3. The van der Waals surface area contributed by atoms with Gasteiger partial charge in [0.1, 0.15) is 11.6 Å². The number of para-hydroxylation sites is 1. The monoisotopic (exact) mass is 409 g/mol. The zero-order chi connectivity index (χ0) is 20.1. The molecule has 0 spiro atoms. The van der Waals surface area contributed by atoms with Gasteiger partial charge in [-0.25, -0.2) is 4.98 Å². The van der Waals surface area contributed by atoms with Gasteiger partial charge in [0.15, 0.2) is 0 Å². The highest BCUT2D eigenvalue weighted by atomic mass is 32.1. The molecule has 150 valence electrons. The maximum absolute atomic E-state index is 5.59. The minimum Gasteiger partial charge on any atom is -0.494 e. The lowest BCUT2D eigenvalue weighted by atomic mass is 10.2. The molecule has 0 atom stereocenters. The Labute approximate surface area is 175 Å². The summed E-state index contributed by atoms with van der Waals surface area (Å²) in [5.41, 5.74) is 2.79. The van der Waals surface area contributed by atoms with E-state index < -0.39 is 0 Å². The molecule has 1 aliphatic heterocycles. The van der Waals surface area contributed by atoms with Crippen LogP contribution in [0.25, 0.3) is 0 Å². The lowest BCUT2D eigenvalue weighted by Crippen LogP contribution is -2.36. The molecule has 0 bridgehead atoms. The smallest absolute Gasteiger partial charge is 0.229 e. The highest BCUT2D eigenvalue weighted by molar-refractivity contribution is 7.80. The van der Waals surface area contributed by atoms with Crippen LogP contribution in [-0.4, -0.2) is 43.4 Å². The maximum atomic E-state index is 5.59. The summed E-state index contributed by atoms with van der Waals surface area (Å²) in [4.78, 5) is 12.0. The van der Waals surface area contributed by atoms with Crippen molar-refractivity contribution >= 4 is 41.5 Å². The fraction of sp³-hybridized carbons (Fsp3) is 0.238. The first-order valence-corrected chi connectivity index (χ1v) is 9.83. The van der Waals surface area contributed by atoms with E-state index in [0.717, 1.165) is 54.0 Å². The van der Waals surface area contributed by atoms with Gasteiger partial charge in [0.2, 0.25) is 5.95 Å². The van der Waals surface area contributed by atoms with Crippen LogP contribution in [0, 0.1) is 0 Å². The molecule has 4 rings (SSSR count). The molecule has 8 heteroatoms. The van der Waals surface area contributed by atoms with Gasteiger partial charge in [-0.05, 0) is 30.3 Å². The third-order valence-corrected chi connectivity index (χ3v) is 5.02. The van der Waals surface area contributed by atoms with E-state index in [-0.39, 0.29) is 0 Å². The molecule has 0 radical (unpaired) electrons. The Kier molecular flexibility index (Phi) is 6.02. The molecule has 1 aliphatic rings. The second kappa shape index (κ2) is 9.02. The number of morpholine rings is 1. The Morgan fingerprint density at radius 2 is 1.86 bits per heavy atom. The minimum absolute atomic E-state index is 0.476. The number of benzene rings is 2. The first kappa shape index (κ1) is 19.4. The molecule has 29 heavy (non-hydrogen) atoms. The van der Waals surface area contributed by atoms with Crippen molar-refractivity contribution in [1.82, 2.24) is 9.97 Å². The number of anilines is 5. The first-order valence-electron chi connectivity index (χ1n) is 9.39. The van der Waals surface area contributed by atoms with E-state index in [1.54, 1.807) is 13.3 Å². The zero-order valence-electron chi connectivity index (χ0n) is 16.1. The third-order valence-electron chi connectivity index (χ3n) is 4.63. The van der Waals surface area contributed by atoms with Crippen molar-refractivity contribution in [2.24, 2.45) is 0 Å². The molecular formula is C21H23N5O2S. The number of ether oxygens (including phenoxy) is 2. The van der Waals surface area contributed by atoms with Gasteiger partial charge in [-0.3, -0.25) is 0 Å². The van der Waals surface area contributed by atoms with Crippen LogP contribution >= 0.6 is 12.6 Å². The minimum atomic E-state index is 0.476. The van der Waals surface area contributed by atoms with E-state index in [9.17, 15) is 0 Å². The van der Waals surface area contributed by atoms with Crippen molar-refractivity contribution in [1.29, 1.82) is 0 Å². The molecular weight excluding hydrogens is 386 g/mol. The topological polar surface area (TPSA) is 71.5 Å². The number of methoxy groups -OCH3 is 1. The van der Waals surface area contributed by atoms with Gasteiger partial charge in [0, 0.05) is 35.9 Å². The summed E-state index contributed by atoms with van der Waals surface area (Å²) in [7, 11) is 1.66. The second-order valence-corrected chi connectivity index (χ2v) is 7.00. The van der Waals surface area contributed by atoms with E-state index in [4.69, 9.17) is 9.47 Å². The number of nitrogens with one attached hydrogen (secondary N) is 2. The molecule has 0 saturated carbocycles. The number of aromatic nitrogens is 2. The van der Waals surface area contributed by atoms with Crippen LogP contribution in [0.5, 0.6) is 5.75 Å². The number of hydrogen-bond acceptors (Lipinski definition) is 8. The Balaban J connectivity index is 1.52. The van der Waals surface area contributed by atoms with Crippen molar-refractivity contribution in [3.8, 4) is 5.75 Å². The predicted molar refractivity (Wildman–Crippen MR) is 118 cm³/mol. The van der Waals surface area contributed by atoms with Crippen molar-refractivity contribution in [3.05, 3.63) is 54.7 Å². The van der Waals surface area contributed by atoms with Crippen molar-refractivity contribution in [2.45, 2.75) is 4.90 Å². The van der Waals surface area contributed by atoms with E-state index in [1.807, 2.05) is 42.5 Å². The van der Waals surface area contributed by atoms with Gasteiger partial charge in [0.25, 0.3) is 0 Å². The molecule has 1 fully saturated rings. The SMILES string of the molecule is COc1cc(N2CCOCC2)ccc1Nc1nccc(Nc2ccccc2S)n1. The fourth-order valence-corrected chi connectivity index (χ4v) is 3.34. The van der Waals surface area contributed by atoms with Crippen LogP contribution in [0.2, 0.25) is 0 Å². The van der Waals surface area contributed by atoms with E-state index >= 15 is 0 Å². The summed E-state index contributed by atoms with van der Waals surface area (Å²) < 4.78 is 11.0. The first-order chi connectivity index (χ1) is 14.2. The van der Waals surface area contributed by atoms with Crippen LogP contribution < -0.4 is 20.3 Å². The number of thiol groups is 1. The normalized spacial score (nSPS) is 13.8. The fourth-order valence-electron chi connectivity index (χ4n) is 3.13. The lowest BCUT2D eigenvalue weighted by Gasteiger charge is -2.29. The summed E-state index contributed by atoms with van der Waals surface area (Å²) >= 11 is 4.46. The summed E-state index contributed by atoms with van der Waals surface area (Å²) in [6.45, 7) is 3.23. The molecule has 7 nitrogen and oxygen atoms in total. The van der Waals surface area contributed by atoms with Gasteiger partial charge in [0.05, 0.1) is 31.7 Å². The van der Waals surface area contributed by atoms with Crippen LogP contribution in [-0.2, 0) is 4.74 Å². The second-order valence-electron chi connectivity index (χ2n) is 6.52. The van der Waals surface area contributed by atoms with Crippen LogP contribution in [0.1, 0.15) is 0 Å². The highest BCUT2D eigenvalue weighted by Gasteiger charge is 2.14. The Morgan fingerprint density at radius 3 is 2.66 bits per heavy atom. The van der Waals surface area contributed by atoms with E-state index in [0.29, 0.717) is 11.8 Å². The van der Waals surface area contributed by atoms with Gasteiger partial charge in [-0.15, -0.1) is 12.6 Å². The molecule has 2 aromatic carbocycles. The third kappa shape index (κ3) is 4.72. The average molecular weight is 410 g/mol. The van der Waals surface area contributed by atoms with Gasteiger partial charge >= 0.3 is 0 Å². The van der Waals surface area contributed by atoms with Crippen molar-refractivity contribution in [3.63, 3.8) is 0 Å². The highest BCUT2D eigenvalue weighted by Crippen LogP contribution is 2.32. The standard InChI is InChI=1S/C21H23N5O2S/c1-27-18-14-15(26-10-12-28-13-11-26)6-7-16(18)24-21-22-9-8-20(25-21)23-17-4-2-3-5-19(17)29/h2-9,14,29H,10-13H2,1H3,(H2,22,23,24,25). The Bertz CT molecular complexity index is 979. The van der Waals surface area contributed by atoms with Gasteiger partial charge in [-0.2, -0.15) is 4.98 Å². The van der Waals surface area contributed by atoms with Crippen molar-refractivity contribution < 1.29 is 9.47 Å². The molecule has 0 amide bonds.